The first kappa shape index (κ1) is 33.9. The van der Waals surface area contributed by atoms with E-state index < -0.39 is 39.6 Å². The largest absolute Gasteiger partial charge is 0.463 e. The molecule has 3 fully saturated rings. The van der Waals surface area contributed by atoms with Crippen molar-refractivity contribution in [3.63, 3.8) is 0 Å². The third-order valence-electron chi connectivity index (χ3n) is 9.73. The van der Waals surface area contributed by atoms with Crippen molar-refractivity contribution >= 4 is 55.7 Å². The van der Waals surface area contributed by atoms with E-state index in [1.165, 1.54) is 25.3 Å². The van der Waals surface area contributed by atoms with Crippen LogP contribution in [0.4, 0.5) is 31.5 Å². The zero-order chi connectivity index (χ0) is 34.3. The number of nitrogens with zero attached hydrogens (tertiary/aromatic N) is 3. The van der Waals surface area contributed by atoms with E-state index in [2.05, 4.69) is 19.9 Å². The van der Waals surface area contributed by atoms with Crippen LogP contribution in [0.15, 0.2) is 41.1 Å². The highest BCUT2D eigenvalue weighted by atomic mass is 32.2. The van der Waals surface area contributed by atoms with Gasteiger partial charge in [-0.2, -0.15) is 0 Å². The van der Waals surface area contributed by atoms with Crippen LogP contribution >= 0.6 is 0 Å². The summed E-state index contributed by atoms with van der Waals surface area (Å²) in [6.45, 7) is 4.89. The van der Waals surface area contributed by atoms with Crippen molar-refractivity contribution in [2.24, 2.45) is 17.1 Å². The van der Waals surface area contributed by atoms with Gasteiger partial charge >= 0.3 is 5.97 Å². The summed E-state index contributed by atoms with van der Waals surface area (Å²) >= 11 is 0. The lowest BCUT2D eigenvalue weighted by Gasteiger charge is -2.35. The van der Waals surface area contributed by atoms with Gasteiger partial charge in [0.05, 0.1) is 22.6 Å². The predicted octanol–water partition coefficient (Wildman–Crippen LogP) is 4.96. The van der Waals surface area contributed by atoms with Gasteiger partial charge in [-0.25, -0.2) is 22.2 Å². The Hall–Kier alpha value is -3.98. The molecule has 12 nitrogen and oxygen atoms in total. The Morgan fingerprint density at radius 1 is 0.979 bits per heavy atom. The molecule has 1 aliphatic carbocycles. The number of hydrogen-bond acceptors (Lipinski definition) is 10. The van der Waals surface area contributed by atoms with E-state index in [0.717, 1.165) is 25.9 Å². The molecule has 0 unspecified atom stereocenters. The molecule has 0 radical (unpaired) electrons. The van der Waals surface area contributed by atoms with Crippen molar-refractivity contribution in [3.8, 4) is 0 Å². The fourth-order valence-corrected chi connectivity index (χ4v) is 7.22. The van der Waals surface area contributed by atoms with Gasteiger partial charge in [0.25, 0.3) is 11.8 Å². The van der Waals surface area contributed by atoms with Gasteiger partial charge in [-0.05, 0) is 67.3 Å². The summed E-state index contributed by atoms with van der Waals surface area (Å²) in [6, 6.07) is 7.27. The number of amides is 1. The lowest BCUT2D eigenvalue weighted by atomic mass is 9.93. The third kappa shape index (κ3) is 7.67. The third-order valence-corrected chi connectivity index (χ3v) is 11.0. The van der Waals surface area contributed by atoms with Crippen LogP contribution in [0.3, 0.4) is 0 Å². The molecule has 0 bridgehead atoms. The number of sulfonamides is 1. The number of nitrogens with one attached hydrogen (secondary N) is 2. The van der Waals surface area contributed by atoms with Crippen LogP contribution < -0.4 is 25.6 Å². The Kier molecular flexibility index (Phi) is 9.28. The number of carbonyl (C=O) groups is 2. The van der Waals surface area contributed by atoms with Crippen molar-refractivity contribution in [2.75, 3.05) is 58.4 Å². The summed E-state index contributed by atoms with van der Waals surface area (Å²) < 4.78 is 66.8. The summed E-state index contributed by atoms with van der Waals surface area (Å²) in [6.07, 6.45) is 5.07. The number of carbonyl (C=O) groups excluding carboxylic acids is 2. The highest BCUT2D eigenvalue weighted by Gasteiger charge is 2.44. The van der Waals surface area contributed by atoms with Crippen LogP contribution in [0.2, 0.25) is 0 Å². The Morgan fingerprint density at radius 3 is 2.29 bits per heavy atom. The molecule has 1 aromatic heterocycles. The molecule has 4 N–H and O–H groups in total. The number of oxazole rings is 1. The number of halogens is 2. The molecule has 3 aromatic rings. The minimum atomic E-state index is -3.91. The van der Waals surface area contributed by atoms with E-state index in [9.17, 15) is 26.8 Å². The first-order valence-electron chi connectivity index (χ1n) is 16.4. The zero-order valence-corrected chi connectivity index (χ0v) is 28.0. The molecule has 260 valence electrons. The molecule has 1 spiro atoms. The number of nitrogens with two attached hydrogens (primary N) is 1. The summed E-state index contributed by atoms with van der Waals surface area (Å²) in [7, 11) is -3.91. The molecule has 15 heteroatoms. The van der Waals surface area contributed by atoms with Gasteiger partial charge in [0.2, 0.25) is 10.0 Å². The smallest absolute Gasteiger partial charge is 0.323 e. The van der Waals surface area contributed by atoms with Gasteiger partial charge in [0.1, 0.15) is 23.9 Å². The van der Waals surface area contributed by atoms with Crippen LogP contribution in [-0.2, 0) is 19.6 Å². The molecule has 48 heavy (non-hydrogen) atoms. The highest BCUT2D eigenvalue weighted by molar-refractivity contribution is 7.92. The molecular formula is C33H42F2N6O6S. The molecule has 3 heterocycles. The molecule has 1 atom stereocenters. The normalized spacial score (nSPS) is 19.4. The van der Waals surface area contributed by atoms with Gasteiger partial charge in [-0.15, -0.1) is 0 Å². The van der Waals surface area contributed by atoms with Gasteiger partial charge in [0.15, 0.2) is 12.0 Å². The standard InChI is InChI=1S/C33H42F2N6O6S/c1-21(2)28(36)31(43)46-15-16-48(44,45)39-22-3-4-24(26(18-22)40-11-7-32(5-6-32)8-12-40)30(42)38-23-17-25-29(47-20-37-25)27(19-23)41-13-9-33(34,35)10-14-41/h3-4,17-21,28,39H,5-16,36H2,1-2H3,(H,38,42)/t28-/m1/s1. The molecular weight excluding hydrogens is 646 g/mol. The van der Waals surface area contributed by atoms with Gasteiger partial charge in [0, 0.05) is 44.7 Å². The maximum atomic E-state index is 13.9. The number of hydrogen-bond donors (Lipinski definition) is 3. The van der Waals surface area contributed by atoms with E-state index in [-0.39, 0.29) is 44.1 Å². The average molecular weight is 689 g/mol. The second-order valence-electron chi connectivity index (χ2n) is 13.6. The van der Waals surface area contributed by atoms with Gasteiger partial charge < -0.3 is 30.0 Å². The van der Waals surface area contributed by atoms with Crippen molar-refractivity contribution in [3.05, 3.63) is 42.3 Å². The molecule has 6 rings (SSSR count). The maximum Gasteiger partial charge on any atom is 0.323 e. The van der Waals surface area contributed by atoms with Crippen molar-refractivity contribution in [1.82, 2.24) is 4.98 Å². The van der Waals surface area contributed by atoms with Crippen LogP contribution in [0.25, 0.3) is 11.1 Å². The quantitative estimate of drug-likeness (QED) is 0.235. The molecule has 2 saturated heterocycles. The molecule has 3 aliphatic rings. The molecule has 1 amide bonds. The van der Waals surface area contributed by atoms with E-state index in [1.54, 1.807) is 38.1 Å². The van der Waals surface area contributed by atoms with Crippen LogP contribution in [0.5, 0.6) is 0 Å². The Bertz CT molecular complexity index is 1770. The maximum absolute atomic E-state index is 13.9. The number of rotatable bonds is 11. The monoisotopic (exact) mass is 688 g/mol. The van der Waals surface area contributed by atoms with E-state index in [1.807, 2.05) is 4.90 Å². The minimum absolute atomic E-state index is 0.131. The number of piperidine rings is 2. The fourth-order valence-electron chi connectivity index (χ4n) is 6.33. The van der Waals surface area contributed by atoms with E-state index >= 15 is 0 Å². The number of aromatic nitrogens is 1. The topological polar surface area (TPSA) is 160 Å². The van der Waals surface area contributed by atoms with Crippen molar-refractivity contribution < 1.29 is 35.9 Å². The Balaban J connectivity index is 1.21. The number of alkyl halides is 2. The molecule has 2 aromatic carbocycles. The number of esters is 1. The number of benzene rings is 2. The first-order valence-corrected chi connectivity index (χ1v) is 18.0. The summed E-state index contributed by atoms with van der Waals surface area (Å²) in [5, 5.41) is 2.95. The van der Waals surface area contributed by atoms with Crippen LogP contribution in [0.1, 0.15) is 62.7 Å². The average Bonchev–Trinajstić information content (AvgIpc) is 3.61. The number of anilines is 4. The number of ether oxygens (including phenoxy) is 1. The molecule has 1 saturated carbocycles. The Labute approximate surface area is 278 Å². The lowest BCUT2D eigenvalue weighted by Crippen LogP contribution is -2.39. The SMILES string of the molecule is CC(C)[C@@H](N)C(=O)OCCS(=O)(=O)Nc1ccc(C(=O)Nc2cc(N3CCC(F)(F)CC3)c3ocnc3c2)c(N2CCC3(CC2)CC3)c1. The van der Waals surface area contributed by atoms with Crippen molar-refractivity contribution in [1.29, 1.82) is 0 Å². The summed E-state index contributed by atoms with van der Waals surface area (Å²) in [5.74, 6) is -4.41. The first-order chi connectivity index (χ1) is 22.7. The number of fused-ring (bicyclic) bond motifs is 1. The predicted molar refractivity (Wildman–Crippen MR) is 179 cm³/mol. The second kappa shape index (κ2) is 13.1. The second-order valence-corrected chi connectivity index (χ2v) is 15.4. The summed E-state index contributed by atoms with van der Waals surface area (Å²) in [5.41, 5.74) is 9.29. The van der Waals surface area contributed by atoms with E-state index in [4.69, 9.17) is 14.9 Å². The highest BCUT2D eigenvalue weighted by Crippen LogP contribution is 2.54. The van der Waals surface area contributed by atoms with Crippen LogP contribution in [0, 0.1) is 11.3 Å². The van der Waals surface area contributed by atoms with Gasteiger partial charge in [-0.1, -0.05) is 13.8 Å². The van der Waals surface area contributed by atoms with Crippen molar-refractivity contribution in [2.45, 2.75) is 64.3 Å². The fraction of sp³-hybridized carbons (Fsp3) is 0.545. The lowest BCUT2D eigenvalue weighted by molar-refractivity contribution is -0.145. The van der Waals surface area contributed by atoms with Crippen LogP contribution in [-0.4, -0.2) is 75.8 Å². The van der Waals surface area contributed by atoms with E-state index in [0.29, 0.717) is 39.1 Å². The minimum Gasteiger partial charge on any atom is -0.463 e. The summed E-state index contributed by atoms with van der Waals surface area (Å²) in [4.78, 5) is 34.1. The van der Waals surface area contributed by atoms with Gasteiger partial charge in [-0.3, -0.25) is 14.3 Å². The Morgan fingerprint density at radius 2 is 1.62 bits per heavy atom. The molecule has 2 aliphatic heterocycles. The zero-order valence-electron chi connectivity index (χ0n) is 27.1.